The van der Waals surface area contributed by atoms with Crippen LogP contribution < -0.4 is 0 Å². The fourth-order valence-corrected chi connectivity index (χ4v) is 0.370. The highest BCUT2D eigenvalue weighted by Gasteiger charge is 1.99. The van der Waals surface area contributed by atoms with Crippen LogP contribution in [0.15, 0.2) is 0 Å². The van der Waals surface area contributed by atoms with Crippen LogP contribution in [-0.4, -0.2) is 20.9 Å². The van der Waals surface area contributed by atoms with Crippen molar-refractivity contribution in [3.63, 3.8) is 0 Å². The second-order valence-corrected chi connectivity index (χ2v) is 1.19. The van der Waals surface area contributed by atoms with Crippen LogP contribution in [0.1, 0.15) is 20.3 Å². The first-order valence-corrected chi connectivity index (χ1v) is 3.05. The third-order valence-corrected chi connectivity index (χ3v) is 0.660. The molecule has 0 aliphatic carbocycles. The Labute approximate surface area is 51.5 Å². The van der Waals surface area contributed by atoms with E-state index >= 15 is 0 Å². The summed E-state index contributed by atoms with van der Waals surface area (Å²) in [6.45, 7) is 5.64. The lowest BCUT2D eigenvalue weighted by atomic mass is 10.3. The normalized spacial score (nSPS) is 17.8. The quantitative estimate of drug-likeness (QED) is 0.438. The molecule has 0 amide bonds. The summed E-state index contributed by atoms with van der Waals surface area (Å²) in [4.78, 5) is 0. The van der Waals surface area contributed by atoms with Gasteiger partial charge in [-0.2, -0.15) is 0 Å². The van der Waals surface area contributed by atoms with Crippen LogP contribution in [0.25, 0.3) is 0 Å². The lowest BCUT2D eigenvalue weighted by Crippen LogP contribution is -2.14. The summed E-state index contributed by atoms with van der Waals surface area (Å²) >= 11 is 0. The highest BCUT2D eigenvalue weighted by molar-refractivity contribution is 6.18. The summed E-state index contributed by atoms with van der Waals surface area (Å²) in [5, 5.41) is 0. The van der Waals surface area contributed by atoms with Gasteiger partial charge in [0.15, 0.2) is 0 Å². The van der Waals surface area contributed by atoms with Crippen LogP contribution in [0.2, 0.25) is 0 Å². The first kappa shape index (κ1) is 7.98. The van der Waals surface area contributed by atoms with E-state index in [4.69, 9.17) is 9.31 Å². The summed E-state index contributed by atoms with van der Waals surface area (Å²) in [5.74, 6) is 0. The van der Waals surface area contributed by atoms with Gasteiger partial charge in [0, 0.05) is 13.2 Å². The minimum absolute atomic E-state index is 0.819. The average molecular weight is 115 g/mol. The highest BCUT2D eigenvalue weighted by Crippen LogP contribution is 1.89. The van der Waals surface area contributed by atoms with E-state index in [0.717, 1.165) is 19.6 Å². The predicted molar refractivity (Wildman–Crippen MR) is 33.6 cm³/mol. The van der Waals surface area contributed by atoms with Gasteiger partial charge in [0.2, 0.25) is 0 Å². The van der Waals surface area contributed by atoms with E-state index in [1.54, 1.807) is 0 Å². The van der Waals surface area contributed by atoms with Crippen molar-refractivity contribution in [3.8, 4) is 0 Å². The fourth-order valence-electron chi connectivity index (χ4n) is 0.370. The third kappa shape index (κ3) is 4.15. The van der Waals surface area contributed by atoms with Gasteiger partial charge < -0.3 is 9.31 Å². The Morgan fingerprint density at radius 1 is 1.12 bits per heavy atom. The molecule has 1 rings (SSSR count). The van der Waals surface area contributed by atoms with Crippen LogP contribution in [0.4, 0.5) is 0 Å². The maximum Gasteiger partial charge on any atom is 0.487 e. The smallest absolute Gasteiger partial charge is 0.413 e. The molecule has 3 heteroatoms. The summed E-state index contributed by atoms with van der Waals surface area (Å²) in [7, 11) is 1.39. The minimum Gasteiger partial charge on any atom is -0.413 e. The van der Waals surface area contributed by atoms with E-state index in [1.165, 1.54) is 7.69 Å². The third-order valence-electron chi connectivity index (χ3n) is 0.660. The molecule has 1 aliphatic rings. The van der Waals surface area contributed by atoms with Gasteiger partial charge in [-0.25, -0.2) is 0 Å². The van der Waals surface area contributed by atoms with Gasteiger partial charge >= 0.3 is 7.69 Å². The topological polar surface area (TPSA) is 18.5 Å². The SMILES string of the molecule is CC.[B]1OCCCO1. The molecule has 2 nitrogen and oxygen atoms in total. The zero-order chi connectivity index (χ0) is 6.24. The summed E-state index contributed by atoms with van der Waals surface area (Å²) in [6, 6.07) is 0. The van der Waals surface area contributed by atoms with Crippen LogP contribution >= 0.6 is 0 Å². The molecule has 0 saturated carbocycles. The molecular formula is C5H12BO2. The molecule has 0 aromatic carbocycles. The Bertz CT molecular complexity index is 25.9. The zero-order valence-electron chi connectivity index (χ0n) is 5.52. The first-order chi connectivity index (χ1) is 4.00. The minimum atomic E-state index is 0.819. The highest BCUT2D eigenvalue weighted by atomic mass is 16.6. The van der Waals surface area contributed by atoms with Gasteiger partial charge in [0.25, 0.3) is 0 Å². The van der Waals surface area contributed by atoms with E-state index in [-0.39, 0.29) is 0 Å². The summed E-state index contributed by atoms with van der Waals surface area (Å²) in [5.41, 5.74) is 0. The maximum atomic E-state index is 4.72. The van der Waals surface area contributed by atoms with E-state index in [2.05, 4.69) is 0 Å². The van der Waals surface area contributed by atoms with Crippen molar-refractivity contribution in [2.45, 2.75) is 20.3 Å². The lowest BCUT2D eigenvalue weighted by Gasteiger charge is -2.07. The van der Waals surface area contributed by atoms with Gasteiger partial charge in [-0.3, -0.25) is 0 Å². The number of rotatable bonds is 0. The number of hydrogen-bond acceptors (Lipinski definition) is 2. The molecule has 0 atom stereocenters. The van der Waals surface area contributed by atoms with Gasteiger partial charge in [0.1, 0.15) is 0 Å². The molecule has 1 fully saturated rings. The maximum absolute atomic E-state index is 4.72. The van der Waals surface area contributed by atoms with Gasteiger partial charge in [-0.15, -0.1) is 0 Å². The van der Waals surface area contributed by atoms with Crippen LogP contribution in [0, 0.1) is 0 Å². The molecule has 0 spiro atoms. The molecule has 0 unspecified atom stereocenters. The molecule has 0 aromatic rings. The molecule has 47 valence electrons. The van der Waals surface area contributed by atoms with Gasteiger partial charge in [-0.05, 0) is 6.42 Å². The van der Waals surface area contributed by atoms with Crippen molar-refractivity contribution in [3.05, 3.63) is 0 Å². The Hall–Kier alpha value is -0.0151. The van der Waals surface area contributed by atoms with E-state index in [1.807, 2.05) is 13.8 Å². The first-order valence-electron chi connectivity index (χ1n) is 3.05. The monoisotopic (exact) mass is 115 g/mol. The Kier molecular flexibility index (Phi) is 6.97. The average Bonchev–Trinajstić information content (AvgIpc) is 1.96. The van der Waals surface area contributed by atoms with E-state index < -0.39 is 0 Å². The molecular weight excluding hydrogens is 103 g/mol. The second-order valence-electron chi connectivity index (χ2n) is 1.19. The van der Waals surface area contributed by atoms with Crippen LogP contribution in [0.3, 0.4) is 0 Å². The van der Waals surface area contributed by atoms with Crippen molar-refractivity contribution in [2.75, 3.05) is 13.2 Å². The van der Waals surface area contributed by atoms with E-state index in [9.17, 15) is 0 Å². The molecule has 1 aliphatic heterocycles. The Morgan fingerprint density at radius 3 is 1.75 bits per heavy atom. The molecule has 0 N–H and O–H groups in total. The predicted octanol–water partition coefficient (Wildman–Crippen LogP) is 0.984. The van der Waals surface area contributed by atoms with Crippen molar-refractivity contribution < 1.29 is 9.31 Å². The largest absolute Gasteiger partial charge is 0.487 e. The van der Waals surface area contributed by atoms with Crippen LogP contribution in [-0.2, 0) is 9.31 Å². The fraction of sp³-hybridized carbons (Fsp3) is 1.00. The van der Waals surface area contributed by atoms with Crippen molar-refractivity contribution in [2.24, 2.45) is 0 Å². The zero-order valence-corrected chi connectivity index (χ0v) is 5.52. The summed E-state index contributed by atoms with van der Waals surface area (Å²) < 4.78 is 9.44. The van der Waals surface area contributed by atoms with E-state index in [0.29, 0.717) is 0 Å². The standard InChI is InChI=1S/C3H6BO2.C2H6/c1-2-5-4-6-3-1;1-2/h1-3H2;1-2H3. The van der Waals surface area contributed by atoms with Crippen molar-refractivity contribution >= 4 is 7.69 Å². The molecule has 1 heterocycles. The lowest BCUT2D eigenvalue weighted by molar-refractivity contribution is 0.156. The Balaban J connectivity index is 0.000000222. The second kappa shape index (κ2) is 6.98. The molecule has 8 heavy (non-hydrogen) atoms. The Morgan fingerprint density at radius 2 is 1.62 bits per heavy atom. The molecule has 1 radical (unpaired) electrons. The van der Waals surface area contributed by atoms with Gasteiger partial charge in [-0.1, -0.05) is 13.8 Å². The number of hydrogen-bond donors (Lipinski definition) is 0. The molecule has 0 bridgehead atoms. The van der Waals surface area contributed by atoms with Crippen molar-refractivity contribution in [1.82, 2.24) is 0 Å². The summed E-state index contributed by atoms with van der Waals surface area (Å²) in [6.07, 6.45) is 1.02. The molecule has 0 aromatic heterocycles. The molecule has 1 saturated heterocycles. The van der Waals surface area contributed by atoms with Gasteiger partial charge in [0.05, 0.1) is 0 Å². The van der Waals surface area contributed by atoms with Crippen molar-refractivity contribution in [1.29, 1.82) is 0 Å². The van der Waals surface area contributed by atoms with Crippen LogP contribution in [0.5, 0.6) is 0 Å².